The van der Waals surface area contributed by atoms with Crippen LogP contribution in [0.5, 0.6) is 0 Å². The fourth-order valence-corrected chi connectivity index (χ4v) is 5.19. The van der Waals surface area contributed by atoms with E-state index in [0.29, 0.717) is 12.1 Å². The first-order valence-electron chi connectivity index (χ1n) is 10.7. The van der Waals surface area contributed by atoms with E-state index in [4.69, 9.17) is 0 Å². The maximum absolute atomic E-state index is 12.6. The van der Waals surface area contributed by atoms with Gasteiger partial charge in [-0.3, -0.25) is 9.10 Å². The van der Waals surface area contributed by atoms with Crippen LogP contribution >= 0.6 is 0 Å². The van der Waals surface area contributed by atoms with Gasteiger partial charge >= 0.3 is 0 Å². The summed E-state index contributed by atoms with van der Waals surface area (Å²) in [6.07, 6.45) is 2.77. The van der Waals surface area contributed by atoms with E-state index in [1.807, 2.05) is 68.4 Å². The van der Waals surface area contributed by atoms with Crippen molar-refractivity contribution in [1.82, 2.24) is 5.32 Å². The van der Waals surface area contributed by atoms with Crippen LogP contribution in [-0.2, 0) is 14.8 Å². The van der Waals surface area contributed by atoms with Gasteiger partial charge in [-0.1, -0.05) is 69.3 Å². The number of anilines is 1. The number of nitrogens with one attached hydrogen (secondary N) is 1. The lowest BCUT2D eigenvalue weighted by molar-refractivity contribution is -0.123. The second-order valence-electron chi connectivity index (χ2n) is 9.99. The highest BCUT2D eigenvalue weighted by Gasteiger charge is 2.27. The van der Waals surface area contributed by atoms with Crippen molar-refractivity contribution in [1.29, 1.82) is 0 Å². The van der Waals surface area contributed by atoms with E-state index < -0.39 is 10.0 Å². The lowest BCUT2D eigenvalue weighted by Gasteiger charge is -2.33. The van der Waals surface area contributed by atoms with Gasteiger partial charge in [0, 0.05) is 24.1 Å². The summed E-state index contributed by atoms with van der Waals surface area (Å²) >= 11 is 0. The van der Waals surface area contributed by atoms with Crippen LogP contribution in [0.15, 0.2) is 54.6 Å². The lowest BCUT2D eigenvalue weighted by atomic mass is 9.82. The molecule has 5 nitrogen and oxygen atoms in total. The fraction of sp³-hybridized carbons (Fsp3) is 0.480. The van der Waals surface area contributed by atoms with E-state index in [1.165, 1.54) is 10.6 Å². The Kier molecular flexibility index (Phi) is 7.93. The van der Waals surface area contributed by atoms with Crippen molar-refractivity contribution >= 4 is 21.6 Å². The third kappa shape index (κ3) is 8.02. The summed E-state index contributed by atoms with van der Waals surface area (Å²) in [5.41, 5.74) is 2.22. The van der Waals surface area contributed by atoms with Crippen LogP contribution in [0.25, 0.3) is 11.1 Å². The van der Waals surface area contributed by atoms with Crippen LogP contribution in [0.2, 0.25) is 0 Å². The molecule has 0 aliphatic heterocycles. The van der Waals surface area contributed by atoms with E-state index in [1.54, 1.807) is 0 Å². The molecule has 0 atom stereocenters. The molecule has 0 aliphatic carbocycles. The summed E-state index contributed by atoms with van der Waals surface area (Å²) in [6, 6.07) is 17.2. The molecule has 31 heavy (non-hydrogen) atoms. The van der Waals surface area contributed by atoms with E-state index in [0.717, 1.165) is 17.5 Å². The third-order valence-electron chi connectivity index (χ3n) is 4.87. The Labute approximate surface area is 187 Å². The Morgan fingerprint density at radius 1 is 0.935 bits per heavy atom. The van der Waals surface area contributed by atoms with Gasteiger partial charge in [0.1, 0.15) is 0 Å². The number of amides is 1. The Morgan fingerprint density at radius 3 is 2.10 bits per heavy atom. The van der Waals surface area contributed by atoms with Gasteiger partial charge in [0.05, 0.1) is 11.9 Å². The topological polar surface area (TPSA) is 66.5 Å². The number of para-hydroxylation sites is 1. The summed E-state index contributed by atoms with van der Waals surface area (Å²) < 4.78 is 26.6. The predicted molar refractivity (Wildman–Crippen MR) is 130 cm³/mol. The first-order valence-corrected chi connectivity index (χ1v) is 12.6. The highest BCUT2D eigenvalue weighted by Crippen LogP contribution is 2.32. The molecule has 1 amide bonds. The molecule has 0 heterocycles. The molecule has 0 saturated heterocycles. The zero-order chi connectivity index (χ0) is 23.3. The molecule has 2 rings (SSSR count). The number of hydrogen-bond acceptors (Lipinski definition) is 3. The van der Waals surface area contributed by atoms with Crippen molar-refractivity contribution in [2.45, 2.75) is 59.4 Å². The highest BCUT2D eigenvalue weighted by atomic mass is 32.2. The quantitative estimate of drug-likeness (QED) is 0.576. The predicted octanol–water partition coefficient (Wildman–Crippen LogP) is 5.23. The molecule has 0 bridgehead atoms. The van der Waals surface area contributed by atoms with Crippen LogP contribution in [0.4, 0.5) is 5.69 Å². The minimum atomic E-state index is -3.50. The largest absolute Gasteiger partial charge is 0.351 e. The zero-order valence-corrected chi connectivity index (χ0v) is 20.4. The summed E-state index contributed by atoms with van der Waals surface area (Å²) in [4.78, 5) is 12.5. The Balaban J connectivity index is 2.13. The normalized spacial score (nSPS) is 12.5. The number of sulfonamides is 1. The molecule has 0 aliphatic rings. The molecule has 0 aromatic heterocycles. The average Bonchev–Trinajstić information content (AvgIpc) is 2.62. The van der Waals surface area contributed by atoms with Gasteiger partial charge in [-0.05, 0) is 43.7 Å². The Bertz CT molecular complexity index is 977. The van der Waals surface area contributed by atoms with Crippen molar-refractivity contribution < 1.29 is 13.2 Å². The summed E-state index contributed by atoms with van der Waals surface area (Å²) in [5.74, 6) is -0.0564. The standard InChI is InChI=1S/C25H36N2O3S/c1-24(2,3)19-25(4,5)26-23(28)17-12-18-27(31(6,29)30)22-16-11-10-15-21(22)20-13-8-7-9-14-20/h7-11,13-16H,12,17-19H2,1-6H3,(H,26,28). The van der Waals surface area contributed by atoms with Crippen LogP contribution in [0.1, 0.15) is 53.9 Å². The molecule has 2 aromatic carbocycles. The molecule has 2 aromatic rings. The van der Waals surface area contributed by atoms with Crippen molar-refractivity contribution in [3.05, 3.63) is 54.6 Å². The van der Waals surface area contributed by atoms with Gasteiger partial charge in [0.2, 0.25) is 15.9 Å². The maximum atomic E-state index is 12.6. The van der Waals surface area contributed by atoms with Gasteiger partial charge in [-0.25, -0.2) is 8.42 Å². The van der Waals surface area contributed by atoms with Gasteiger partial charge in [-0.15, -0.1) is 0 Å². The first-order chi connectivity index (χ1) is 14.3. The van der Waals surface area contributed by atoms with Gasteiger partial charge < -0.3 is 5.32 Å². The second kappa shape index (κ2) is 9.86. The lowest BCUT2D eigenvalue weighted by Crippen LogP contribution is -2.46. The first kappa shape index (κ1) is 24.9. The third-order valence-corrected chi connectivity index (χ3v) is 6.05. The second-order valence-corrected chi connectivity index (χ2v) is 11.9. The number of rotatable bonds is 9. The molecule has 6 heteroatoms. The summed E-state index contributed by atoms with van der Waals surface area (Å²) in [5, 5.41) is 3.10. The van der Waals surface area contributed by atoms with Crippen molar-refractivity contribution in [3.8, 4) is 11.1 Å². The van der Waals surface area contributed by atoms with Crippen LogP contribution in [-0.4, -0.2) is 32.7 Å². The van der Waals surface area contributed by atoms with Gasteiger partial charge in [-0.2, -0.15) is 0 Å². The molecule has 170 valence electrons. The molecule has 0 fully saturated rings. The summed E-state index contributed by atoms with van der Waals surface area (Å²) in [7, 11) is -3.50. The SMILES string of the molecule is CC(C)(C)CC(C)(C)NC(=O)CCCN(c1ccccc1-c1ccccc1)S(C)(=O)=O. The molecule has 0 saturated carbocycles. The van der Waals surface area contributed by atoms with Crippen molar-refractivity contribution in [2.75, 3.05) is 17.1 Å². The molecular formula is C25H36N2O3S. The zero-order valence-electron chi connectivity index (χ0n) is 19.6. The van der Waals surface area contributed by atoms with Crippen molar-refractivity contribution in [2.24, 2.45) is 5.41 Å². The minimum absolute atomic E-state index is 0.0564. The molecule has 1 N–H and O–H groups in total. The molecule has 0 unspecified atom stereocenters. The van der Waals surface area contributed by atoms with E-state index >= 15 is 0 Å². The van der Waals surface area contributed by atoms with Crippen LogP contribution in [0, 0.1) is 5.41 Å². The number of carbonyl (C=O) groups is 1. The van der Waals surface area contributed by atoms with E-state index in [9.17, 15) is 13.2 Å². The Hall–Kier alpha value is -2.34. The maximum Gasteiger partial charge on any atom is 0.232 e. The number of benzene rings is 2. The van der Waals surface area contributed by atoms with E-state index in [-0.39, 0.29) is 29.8 Å². The highest BCUT2D eigenvalue weighted by molar-refractivity contribution is 7.92. The van der Waals surface area contributed by atoms with Crippen LogP contribution in [0.3, 0.4) is 0 Å². The monoisotopic (exact) mass is 444 g/mol. The molecular weight excluding hydrogens is 408 g/mol. The van der Waals surface area contributed by atoms with Gasteiger partial charge in [0.25, 0.3) is 0 Å². The minimum Gasteiger partial charge on any atom is -0.351 e. The van der Waals surface area contributed by atoms with Gasteiger partial charge in [0.15, 0.2) is 0 Å². The fourth-order valence-electron chi connectivity index (χ4n) is 4.21. The molecule has 0 spiro atoms. The number of hydrogen-bond donors (Lipinski definition) is 1. The number of carbonyl (C=O) groups excluding carboxylic acids is 1. The van der Waals surface area contributed by atoms with Crippen molar-refractivity contribution in [3.63, 3.8) is 0 Å². The summed E-state index contributed by atoms with van der Waals surface area (Å²) in [6.45, 7) is 10.7. The number of nitrogens with zero attached hydrogens (tertiary/aromatic N) is 1. The average molecular weight is 445 g/mol. The molecule has 0 radical (unpaired) electrons. The Morgan fingerprint density at radius 2 is 1.52 bits per heavy atom. The van der Waals surface area contributed by atoms with Crippen LogP contribution < -0.4 is 9.62 Å². The van der Waals surface area contributed by atoms with E-state index in [2.05, 4.69) is 26.1 Å². The smallest absolute Gasteiger partial charge is 0.232 e.